The number of nitriles is 1. The Kier molecular flexibility index (Phi) is 8.72. The van der Waals surface area contributed by atoms with E-state index >= 15 is 0 Å². The number of aryl methyl sites for hydroxylation is 1. The Bertz CT molecular complexity index is 870. The largest absolute Gasteiger partial charge is 0.494 e. The molecule has 1 heterocycles. The highest BCUT2D eigenvalue weighted by atomic mass is 16.5. The molecule has 1 fully saturated rings. The molecule has 4 heteroatoms. The first-order chi connectivity index (χ1) is 15.2. The standard InChI is InChI=1S/C27H32N2O2/c1-2-10-24-21-26(23-14-16-25(17-15-23)31-20-8-4-7-18-28)29(27(24)30)19-9-13-22-11-5-3-6-12-22/h2-3,5-6,11-12,14-17,24,26H,1,4,7-10,13,19-21H2. The van der Waals surface area contributed by atoms with Gasteiger partial charge in [-0.2, -0.15) is 5.26 Å². The maximum Gasteiger partial charge on any atom is 0.226 e. The quantitative estimate of drug-likeness (QED) is 0.322. The Morgan fingerprint density at radius 1 is 1.10 bits per heavy atom. The number of rotatable bonds is 12. The first-order valence-corrected chi connectivity index (χ1v) is 11.3. The van der Waals surface area contributed by atoms with Crippen molar-refractivity contribution in [2.75, 3.05) is 13.2 Å². The van der Waals surface area contributed by atoms with Crippen molar-refractivity contribution in [3.05, 3.63) is 78.4 Å². The summed E-state index contributed by atoms with van der Waals surface area (Å²) in [5.74, 6) is 1.11. The van der Waals surface area contributed by atoms with Gasteiger partial charge in [0.05, 0.1) is 18.7 Å². The first-order valence-electron chi connectivity index (χ1n) is 11.3. The number of nitrogens with zero attached hydrogens (tertiary/aromatic N) is 2. The maximum atomic E-state index is 13.0. The third-order valence-electron chi connectivity index (χ3n) is 5.89. The van der Waals surface area contributed by atoms with Gasteiger partial charge in [-0.1, -0.05) is 48.5 Å². The lowest BCUT2D eigenvalue weighted by Gasteiger charge is -2.25. The molecule has 4 nitrogen and oxygen atoms in total. The average molecular weight is 417 g/mol. The van der Waals surface area contributed by atoms with E-state index in [1.807, 2.05) is 24.3 Å². The summed E-state index contributed by atoms with van der Waals surface area (Å²) in [6.45, 7) is 5.22. The van der Waals surface area contributed by atoms with E-state index in [1.54, 1.807) is 0 Å². The predicted molar refractivity (Wildman–Crippen MR) is 124 cm³/mol. The van der Waals surface area contributed by atoms with Crippen molar-refractivity contribution in [1.82, 2.24) is 4.90 Å². The van der Waals surface area contributed by atoms with Crippen molar-refractivity contribution >= 4 is 5.91 Å². The van der Waals surface area contributed by atoms with Gasteiger partial charge >= 0.3 is 0 Å². The topological polar surface area (TPSA) is 53.3 Å². The van der Waals surface area contributed by atoms with Crippen LogP contribution in [0.4, 0.5) is 0 Å². The summed E-state index contributed by atoms with van der Waals surface area (Å²) in [5, 5.41) is 8.60. The van der Waals surface area contributed by atoms with Crippen LogP contribution in [0.5, 0.6) is 5.75 Å². The van der Waals surface area contributed by atoms with Crippen LogP contribution in [0.3, 0.4) is 0 Å². The smallest absolute Gasteiger partial charge is 0.226 e. The molecular weight excluding hydrogens is 384 g/mol. The molecule has 3 rings (SSSR count). The molecule has 2 unspecified atom stereocenters. The van der Waals surface area contributed by atoms with E-state index in [0.29, 0.717) is 13.0 Å². The van der Waals surface area contributed by atoms with Crippen molar-refractivity contribution in [1.29, 1.82) is 5.26 Å². The summed E-state index contributed by atoms with van der Waals surface area (Å²) >= 11 is 0. The molecular formula is C27H32N2O2. The Balaban J connectivity index is 1.61. The summed E-state index contributed by atoms with van der Waals surface area (Å²) in [7, 11) is 0. The molecule has 1 aliphatic rings. The zero-order chi connectivity index (χ0) is 21.9. The molecule has 0 saturated carbocycles. The zero-order valence-electron chi connectivity index (χ0n) is 18.2. The van der Waals surface area contributed by atoms with Gasteiger partial charge in [0.25, 0.3) is 0 Å². The zero-order valence-corrected chi connectivity index (χ0v) is 18.2. The van der Waals surface area contributed by atoms with Crippen LogP contribution in [0.1, 0.15) is 55.7 Å². The number of carbonyl (C=O) groups excluding carboxylic acids is 1. The molecule has 1 amide bonds. The van der Waals surface area contributed by atoms with Gasteiger partial charge in [0.15, 0.2) is 0 Å². The molecule has 2 atom stereocenters. The number of carbonyl (C=O) groups is 1. The normalized spacial score (nSPS) is 18.0. The molecule has 31 heavy (non-hydrogen) atoms. The second-order valence-electron chi connectivity index (χ2n) is 8.13. The average Bonchev–Trinajstić information content (AvgIpc) is 3.10. The molecule has 0 aromatic heterocycles. The van der Waals surface area contributed by atoms with E-state index in [-0.39, 0.29) is 17.9 Å². The monoisotopic (exact) mass is 416 g/mol. The molecule has 0 N–H and O–H groups in total. The summed E-state index contributed by atoms with van der Waals surface area (Å²) in [6, 6.07) is 20.9. The van der Waals surface area contributed by atoms with E-state index in [9.17, 15) is 4.79 Å². The molecule has 0 radical (unpaired) electrons. The number of unbranched alkanes of at least 4 members (excludes halogenated alkanes) is 2. The van der Waals surface area contributed by atoms with Gasteiger partial charge in [-0.3, -0.25) is 4.79 Å². The second-order valence-corrected chi connectivity index (χ2v) is 8.13. The minimum atomic E-state index is 0.0234. The number of benzene rings is 2. The Morgan fingerprint density at radius 2 is 1.87 bits per heavy atom. The third kappa shape index (κ3) is 6.46. The van der Waals surface area contributed by atoms with Crippen LogP contribution in [-0.4, -0.2) is 24.0 Å². The van der Waals surface area contributed by atoms with E-state index in [1.165, 1.54) is 5.56 Å². The van der Waals surface area contributed by atoms with E-state index in [4.69, 9.17) is 10.00 Å². The first kappa shape index (κ1) is 22.6. The molecule has 1 aliphatic heterocycles. The Labute approximate surface area is 186 Å². The molecule has 1 saturated heterocycles. The lowest BCUT2D eigenvalue weighted by Crippen LogP contribution is -2.30. The van der Waals surface area contributed by atoms with Gasteiger partial charge in [-0.05, 0) is 61.8 Å². The van der Waals surface area contributed by atoms with Gasteiger partial charge < -0.3 is 9.64 Å². The SMILES string of the molecule is C=CCC1CC(c2ccc(OCCCCC#N)cc2)N(CCCc2ccccc2)C1=O. The van der Waals surface area contributed by atoms with Crippen LogP contribution in [0.25, 0.3) is 0 Å². The predicted octanol–water partition coefficient (Wildman–Crippen LogP) is 5.86. The number of likely N-dealkylation sites (tertiary alicyclic amines) is 1. The second kappa shape index (κ2) is 12.0. The molecule has 0 spiro atoms. The molecule has 2 aromatic rings. The van der Waals surface area contributed by atoms with Gasteiger partial charge in [-0.15, -0.1) is 6.58 Å². The van der Waals surface area contributed by atoms with Crippen molar-refractivity contribution < 1.29 is 9.53 Å². The molecule has 162 valence electrons. The highest BCUT2D eigenvalue weighted by Crippen LogP contribution is 2.38. The fourth-order valence-electron chi connectivity index (χ4n) is 4.25. The summed E-state index contributed by atoms with van der Waals surface area (Å²) in [6.07, 6.45) is 7.67. The Morgan fingerprint density at radius 3 is 2.58 bits per heavy atom. The highest BCUT2D eigenvalue weighted by molar-refractivity contribution is 5.82. The number of ether oxygens (including phenoxy) is 1. The lowest BCUT2D eigenvalue weighted by atomic mass is 9.97. The number of allylic oxidation sites excluding steroid dienone is 1. The summed E-state index contributed by atoms with van der Waals surface area (Å²) in [5.41, 5.74) is 2.47. The van der Waals surface area contributed by atoms with Crippen LogP contribution < -0.4 is 4.74 Å². The van der Waals surface area contributed by atoms with Gasteiger partial charge in [0.2, 0.25) is 5.91 Å². The van der Waals surface area contributed by atoms with E-state index < -0.39 is 0 Å². The van der Waals surface area contributed by atoms with Crippen LogP contribution >= 0.6 is 0 Å². The fraction of sp³-hybridized carbons (Fsp3) is 0.407. The van der Waals surface area contributed by atoms with Crippen molar-refractivity contribution in [2.45, 2.75) is 51.0 Å². The molecule has 0 aliphatic carbocycles. The highest BCUT2D eigenvalue weighted by Gasteiger charge is 2.38. The van der Waals surface area contributed by atoms with Crippen LogP contribution in [0, 0.1) is 17.2 Å². The number of amides is 1. The molecule has 0 bridgehead atoms. The van der Waals surface area contributed by atoms with Gasteiger partial charge in [-0.25, -0.2) is 0 Å². The third-order valence-corrected chi connectivity index (χ3v) is 5.89. The lowest BCUT2D eigenvalue weighted by molar-refractivity contribution is -0.132. The van der Waals surface area contributed by atoms with Gasteiger partial charge in [0.1, 0.15) is 5.75 Å². The van der Waals surface area contributed by atoms with Crippen molar-refractivity contribution in [3.8, 4) is 11.8 Å². The van der Waals surface area contributed by atoms with Crippen LogP contribution in [0.15, 0.2) is 67.3 Å². The fourth-order valence-corrected chi connectivity index (χ4v) is 4.25. The minimum absolute atomic E-state index is 0.0234. The van der Waals surface area contributed by atoms with Crippen LogP contribution in [0.2, 0.25) is 0 Å². The van der Waals surface area contributed by atoms with E-state index in [2.05, 4.69) is 53.9 Å². The van der Waals surface area contributed by atoms with Crippen LogP contribution in [-0.2, 0) is 11.2 Å². The van der Waals surface area contributed by atoms with Gasteiger partial charge in [0, 0.05) is 18.9 Å². The minimum Gasteiger partial charge on any atom is -0.494 e. The van der Waals surface area contributed by atoms with Crippen molar-refractivity contribution in [3.63, 3.8) is 0 Å². The Hall–Kier alpha value is -3.06. The van der Waals surface area contributed by atoms with E-state index in [0.717, 1.165) is 56.4 Å². The summed E-state index contributed by atoms with van der Waals surface area (Å²) < 4.78 is 5.79. The summed E-state index contributed by atoms with van der Waals surface area (Å²) in [4.78, 5) is 15.1. The van der Waals surface area contributed by atoms with Crippen molar-refractivity contribution in [2.24, 2.45) is 5.92 Å². The molecule has 2 aromatic carbocycles. The number of hydrogen-bond donors (Lipinski definition) is 0. The maximum absolute atomic E-state index is 13.0. The number of hydrogen-bond acceptors (Lipinski definition) is 3.